The smallest absolute Gasteiger partial charge is 0.254 e. The fourth-order valence-corrected chi connectivity index (χ4v) is 2.97. The van der Waals surface area contributed by atoms with Crippen molar-refractivity contribution in [3.8, 4) is 0 Å². The average molecular weight is 351 g/mol. The standard InChI is InChI=1S/C11H12BrFN2O3S/c1-5-2-8(5)15-11(16)7-3-6(12)4-9(10(7)13)19(14,17)18/h3-5,8H,2H2,1H3,(H,15,16)(H2,14,17,18). The van der Waals surface area contributed by atoms with Crippen LogP contribution in [0.1, 0.15) is 23.7 Å². The number of nitrogens with one attached hydrogen (secondary N) is 1. The Morgan fingerprint density at radius 1 is 1.53 bits per heavy atom. The van der Waals surface area contributed by atoms with Crippen LogP contribution < -0.4 is 10.5 Å². The summed E-state index contributed by atoms with van der Waals surface area (Å²) in [7, 11) is -4.22. The van der Waals surface area contributed by atoms with E-state index in [0.29, 0.717) is 5.92 Å². The van der Waals surface area contributed by atoms with Crippen molar-refractivity contribution in [3.63, 3.8) is 0 Å². The molecule has 1 amide bonds. The molecule has 8 heteroatoms. The van der Waals surface area contributed by atoms with Gasteiger partial charge < -0.3 is 5.32 Å². The summed E-state index contributed by atoms with van der Waals surface area (Å²) in [5.41, 5.74) is -0.336. The Labute approximate surface area is 118 Å². The highest BCUT2D eigenvalue weighted by Gasteiger charge is 2.35. The van der Waals surface area contributed by atoms with Gasteiger partial charge in [0, 0.05) is 10.5 Å². The summed E-state index contributed by atoms with van der Waals surface area (Å²) in [5.74, 6) is -1.41. The van der Waals surface area contributed by atoms with Gasteiger partial charge in [-0.1, -0.05) is 22.9 Å². The normalized spacial score (nSPS) is 22.1. The van der Waals surface area contributed by atoms with Crippen LogP contribution in [0.4, 0.5) is 4.39 Å². The summed E-state index contributed by atoms with van der Waals surface area (Å²) in [5, 5.41) is 7.54. The van der Waals surface area contributed by atoms with Crippen LogP contribution in [-0.2, 0) is 10.0 Å². The van der Waals surface area contributed by atoms with Crippen LogP contribution in [0, 0.1) is 11.7 Å². The van der Waals surface area contributed by atoms with Crippen molar-refractivity contribution in [2.24, 2.45) is 11.1 Å². The lowest BCUT2D eigenvalue weighted by Crippen LogP contribution is -2.28. The van der Waals surface area contributed by atoms with Crippen LogP contribution >= 0.6 is 15.9 Å². The highest BCUT2D eigenvalue weighted by atomic mass is 79.9. The van der Waals surface area contributed by atoms with Gasteiger partial charge in [0.2, 0.25) is 10.0 Å². The maximum absolute atomic E-state index is 14.0. The first-order valence-electron chi connectivity index (χ1n) is 5.53. The molecule has 104 valence electrons. The van der Waals surface area contributed by atoms with Gasteiger partial charge in [-0.25, -0.2) is 17.9 Å². The molecule has 2 rings (SSSR count). The van der Waals surface area contributed by atoms with Crippen LogP contribution in [0.3, 0.4) is 0 Å². The minimum atomic E-state index is -4.22. The molecule has 0 saturated heterocycles. The first kappa shape index (κ1) is 14.4. The van der Waals surface area contributed by atoms with E-state index in [0.717, 1.165) is 12.5 Å². The third kappa shape index (κ3) is 3.13. The summed E-state index contributed by atoms with van der Waals surface area (Å²) in [4.78, 5) is 11.2. The average Bonchev–Trinajstić information content (AvgIpc) is 2.95. The first-order valence-corrected chi connectivity index (χ1v) is 7.87. The molecular weight excluding hydrogens is 339 g/mol. The van der Waals surface area contributed by atoms with Gasteiger partial charge >= 0.3 is 0 Å². The van der Waals surface area contributed by atoms with E-state index in [-0.39, 0.29) is 16.1 Å². The number of sulfonamides is 1. The van der Waals surface area contributed by atoms with Crippen molar-refractivity contribution in [3.05, 3.63) is 28.0 Å². The number of hydrogen-bond acceptors (Lipinski definition) is 3. The Balaban J connectivity index is 2.40. The third-order valence-electron chi connectivity index (χ3n) is 2.98. The van der Waals surface area contributed by atoms with Gasteiger partial charge in [0.15, 0.2) is 5.82 Å². The molecule has 3 N–H and O–H groups in total. The van der Waals surface area contributed by atoms with Gasteiger partial charge in [0.05, 0.1) is 5.56 Å². The molecule has 0 radical (unpaired) electrons. The van der Waals surface area contributed by atoms with E-state index >= 15 is 0 Å². The number of hydrogen-bond donors (Lipinski definition) is 2. The molecular formula is C11H12BrFN2O3S. The highest BCUT2D eigenvalue weighted by molar-refractivity contribution is 9.10. The van der Waals surface area contributed by atoms with Crippen molar-refractivity contribution >= 4 is 31.9 Å². The fraction of sp³-hybridized carbons (Fsp3) is 0.364. The number of rotatable bonds is 3. The number of amides is 1. The second-order valence-electron chi connectivity index (χ2n) is 4.60. The van der Waals surface area contributed by atoms with Crippen molar-refractivity contribution in [1.82, 2.24) is 5.32 Å². The Morgan fingerprint density at radius 2 is 2.11 bits per heavy atom. The lowest BCUT2D eigenvalue weighted by atomic mass is 10.2. The number of primary sulfonamides is 1. The lowest BCUT2D eigenvalue weighted by molar-refractivity contribution is 0.0944. The maximum atomic E-state index is 14.0. The Morgan fingerprint density at radius 3 is 2.58 bits per heavy atom. The SMILES string of the molecule is CC1CC1NC(=O)c1cc(Br)cc(S(N)(=O)=O)c1F. The quantitative estimate of drug-likeness (QED) is 0.862. The molecule has 1 aliphatic rings. The van der Waals surface area contributed by atoms with Crippen molar-refractivity contribution in [1.29, 1.82) is 0 Å². The van der Waals surface area contributed by atoms with Gasteiger partial charge in [-0.3, -0.25) is 4.79 Å². The molecule has 1 aromatic carbocycles. The zero-order valence-corrected chi connectivity index (χ0v) is 12.4. The molecule has 5 nitrogen and oxygen atoms in total. The van der Waals surface area contributed by atoms with Crippen LogP contribution in [0.25, 0.3) is 0 Å². The zero-order valence-electron chi connectivity index (χ0n) is 9.98. The van der Waals surface area contributed by atoms with Gasteiger partial charge in [-0.2, -0.15) is 0 Å². The third-order valence-corrected chi connectivity index (χ3v) is 4.35. The number of carbonyl (C=O) groups excluding carboxylic acids is 1. The number of carbonyl (C=O) groups is 1. The monoisotopic (exact) mass is 350 g/mol. The summed E-state index contributed by atoms with van der Waals surface area (Å²) < 4.78 is 36.8. The van der Waals surface area contributed by atoms with Crippen molar-refractivity contribution in [2.75, 3.05) is 0 Å². The van der Waals surface area contributed by atoms with Crippen molar-refractivity contribution in [2.45, 2.75) is 24.3 Å². The zero-order chi connectivity index (χ0) is 14.4. The Bertz CT molecular complexity index is 648. The minimum absolute atomic E-state index is 0.0174. The van der Waals surface area contributed by atoms with E-state index in [4.69, 9.17) is 5.14 Å². The highest BCUT2D eigenvalue weighted by Crippen LogP contribution is 2.30. The van der Waals surface area contributed by atoms with Gasteiger partial charge in [0.25, 0.3) is 5.91 Å². The van der Waals surface area contributed by atoms with Crippen LogP contribution in [0.15, 0.2) is 21.5 Å². The van der Waals surface area contributed by atoms with E-state index in [1.54, 1.807) is 0 Å². The molecule has 1 aliphatic carbocycles. The molecule has 1 aromatic rings. The molecule has 2 atom stereocenters. The molecule has 0 heterocycles. The molecule has 0 aromatic heterocycles. The van der Waals surface area contributed by atoms with E-state index < -0.39 is 26.6 Å². The summed E-state index contributed by atoms with van der Waals surface area (Å²) in [6, 6.07) is 2.27. The largest absolute Gasteiger partial charge is 0.349 e. The molecule has 0 aliphatic heterocycles. The molecule has 0 bridgehead atoms. The van der Waals surface area contributed by atoms with Gasteiger partial charge in [0.1, 0.15) is 4.90 Å². The topological polar surface area (TPSA) is 89.3 Å². The molecule has 1 fully saturated rings. The fourth-order valence-electron chi connectivity index (χ4n) is 1.71. The lowest BCUT2D eigenvalue weighted by Gasteiger charge is -2.09. The maximum Gasteiger partial charge on any atom is 0.254 e. The molecule has 0 spiro atoms. The minimum Gasteiger partial charge on any atom is -0.349 e. The first-order chi connectivity index (χ1) is 8.70. The summed E-state index contributed by atoms with van der Waals surface area (Å²) in [6.45, 7) is 1.96. The van der Waals surface area contributed by atoms with E-state index in [2.05, 4.69) is 21.2 Å². The number of benzene rings is 1. The number of nitrogens with two attached hydrogens (primary N) is 1. The molecule has 2 unspecified atom stereocenters. The number of halogens is 2. The second-order valence-corrected chi connectivity index (χ2v) is 7.05. The van der Waals surface area contributed by atoms with E-state index in [1.807, 2.05) is 6.92 Å². The van der Waals surface area contributed by atoms with E-state index in [9.17, 15) is 17.6 Å². The predicted octanol–water partition coefficient (Wildman–Crippen LogP) is 1.37. The van der Waals surface area contributed by atoms with Crippen LogP contribution in [0.5, 0.6) is 0 Å². The Hall–Kier alpha value is -0.990. The van der Waals surface area contributed by atoms with Gasteiger partial charge in [-0.05, 0) is 24.5 Å². The second kappa shape index (κ2) is 4.84. The van der Waals surface area contributed by atoms with Crippen LogP contribution in [-0.4, -0.2) is 20.4 Å². The Kier molecular flexibility index (Phi) is 3.67. The van der Waals surface area contributed by atoms with Crippen LogP contribution in [0.2, 0.25) is 0 Å². The van der Waals surface area contributed by atoms with E-state index in [1.165, 1.54) is 6.07 Å². The molecule has 19 heavy (non-hydrogen) atoms. The van der Waals surface area contributed by atoms with Gasteiger partial charge in [-0.15, -0.1) is 0 Å². The predicted molar refractivity (Wildman–Crippen MR) is 70.5 cm³/mol. The summed E-state index contributed by atoms with van der Waals surface area (Å²) >= 11 is 3.03. The summed E-state index contributed by atoms with van der Waals surface area (Å²) in [6.07, 6.45) is 0.837. The molecule has 1 saturated carbocycles. The van der Waals surface area contributed by atoms with Crippen molar-refractivity contribution < 1.29 is 17.6 Å².